The lowest BCUT2D eigenvalue weighted by Gasteiger charge is -2.17. The Hall–Kier alpha value is -1.69. The summed E-state index contributed by atoms with van der Waals surface area (Å²) in [7, 11) is 0. The molecule has 6 heteroatoms. The molecular formula is C11H16FN3O2. The predicted molar refractivity (Wildman–Crippen MR) is 64.4 cm³/mol. The van der Waals surface area contributed by atoms with Crippen LogP contribution in [0.1, 0.15) is 19.8 Å². The molecule has 5 nitrogen and oxygen atoms in total. The fourth-order valence-electron chi connectivity index (χ4n) is 1.55. The highest BCUT2D eigenvalue weighted by atomic mass is 19.1. The van der Waals surface area contributed by atoms with Crippen LogP contribution < -0.4 is 11.1 Å². The molecule has 0 aliphatic carbocycles. The van der Waals surface area contributed by atoms with E-state index in [0.717, 1.165) is 18.9 Å². The molecular weight excluding hydrogens is 225 g/mol. The maximum Gasteiger partial charge on any atom is 0.272 e. The number of nitro benzene ring substituents is 1. The molecule has 0 fully saturated rings. The summed E-state index contributed by atoms with van der Waals surface area (Å²) >= 11 is 0. The van der Waals surface area contributed by atoms with Gasteiger partial charge in [-0.25, -0.2) is 4.39 Å². The van der Waals surface area contributed by atoms with Gasteiger partial charge in [0, 0.05) is 18.7 Å². The third-order valence-electron chi connectivity index (χ3n) is 2.44. The van der Waals surface area contributed by atoms with E-state index >= 15 is 0 Å². The second kappa shape index (κ2) is 6.15. The molecule has 0 saturated carbocycles. The van der Waals surface area contributed by atoms with Gasteiger partial charge in [-0.1, -0.05) is 13.3 Å². The van der Waals surface area contributed by atoms with Crippen LogP contribution in [0.5, 0.6) is 0 Å². The Morgan fingerprint density at radius 1 is 1.59 bits per heavy atom. The van der Waals surface area contributed by atoms with Crippen molar-refractivity contribution in [2.24, 2.45) is 5.73 Å². The predicted octanol–water partition coefficient (Wildman–Crippen LogP) is 2.27. The topological polar surface area (TPSA) is 81.2 Å². The number of benzene rings is 1. The van der Waals surface area contributed by atoms with E-state index in [-0.39, 0.29) is 17.4 Å². The van der Waals surface area contributed by atoms with Crippen LogP contribution >= 0.6 is 0 Å². The summed E-state index contributed by atoms with van der Waals surface area (Å²) in [5.41, 5.74) is 5.53. The maximum atomic E-state index is 13.5. The molecule has 0 spiro atoms. The van der Waals surface area contributed by atoms with Gasteiger partial charge >= 0.3 is 0 Å². The van der Waals surface area contributed by atoms with E-state index < -0.39 is 10.7 Å². The standard InChI is InChI=1S/C11H16FN3O2/c1-2-3-8(7-13)14-11-5-4-9(15(16)17)6-10(11)12/h4-6,8,14H,2-3,7,13H2,1H3. The number of nitrogens with two attached hydrogens (primary N) is 1. The van der Waals surface area contributed by atoms with E-state index in [1.807, 2.05) is 6.92 Å². The van der Waals surface area contributed by atoms with E-state index in [9.17, 15) is 14.5 Å². The summed E-state index contributed by atoms with van der Waals surface area (Å²) in [5, 5.41) is 13.4. The Balaban J connectivity index is 2.81. The van der Waals surface area contributed by atoms with Crippen molar-refractivity contribution in [1.29, 1.82) is 0 Å². The lowest BCUT2D eigenvalue weighted by molar-refractivity contribution is -0.385. The second-order valence-corrected chi connectivity index (χ2v) is 3.79. The summed E-state index contributed by atoms with van der Waals surface area (Å²) in [4.78, 5) is 9.82. The Morgan fingerprint density at radius 2 is 2.29 bits per heavy atom. The third-order valence-corrected chi connectivity index (χ3v) is 2.44. The lowest BCUT2D eigenvalue weighted by atomic mass is 10.1. The Morgan fingerprint density at radius 3 is 2.76 bits per heavy atom. The largest absolute Gasteiger partial charge is 0.379 e. The van der Waals surface area contributed by atoms with Crippen LogP contribution in [0.3, 0.4) is 0 Å². The molecule has 1 aromatic rings. The number of nitrogens with zero attached hydrogens (tertiary/aromatic N) is 1. The van der Waals surface area contributed by atoms with Gasteiger partial charge < -0.3 is 11.1 Å². The van der Waals surface area contributed by atoms with Crippen LogP contribution in [0.2, 0.25) is 0 Å². The smallest absolute Gasteiger partial charge is 0.272 e. The summed E-state index contributed by atoms with van der Waals surface area (Å²) < 4.78 is 13.5. The van der Waals surface area contributed by atoms with E-state index in [4.69, 9.17) is 5.73 Å². The molecule has 0 aliphatic rings. The van der Waals surface area contributed by atoms with Crippen LogP contribution in [0.25, 0.3) is 0 Å². The number of rotatable bonds is 6. The van der Waals surface area contributed by atoms with Gasteiger partial charge in [0.2, 0.25) is 0 Å². The normalized spacial score (nSPS) is 12.2. The van der Waals surface area contributed by atoms with Crippen LogP contribution in [0.4, 0.5) is 15.8 Å². The molecule has 0 heterocycles. The Bertz CT molecular complexity index is 398. The SMILES string of the molecule is CCCC(CN)Nc1ccc([N+](=O)[O-])cc1F. The number of hydrogen-bond donors (Lipinski definition) is 2. The molecule has 0 aliphatic heterocycles. The lowest BCUT2D eigenvalue weighted by Crippen LogP contribution is -2.28. The van der Waals surface area contributed by atoms with E-state index in [0.29, 0.717) is 6.54 Å². The summed E-state index contributed by atoms with van der Waals surface area (Å²) in [5.74, 6) is -0.631. The van der Waals surface area contributed by atoms with E-state index in [1.54, 1.807) is 0 Å². The molecule has 0 radical (unpaired) electrons. The van der Waals surface area contributed by atoms with Gasteiger partial charge in [-0.05, 0) is 12.5 Å². The fourth-order valence-corrected chi connectivity index (χ4v) is 1.55. The van der Waals surface area contributed by atoms with E-state index in [1.165, 1.54) is 12.1 Å². The van der Waals surface area contributed by atoms with Crippen molar-refractivity contribution in [2.45, 2.75) is 25.8 Å². The molecule has 3 N–H and O–H groups in total. The third kappa shape index (κ3) is 3.67. The zero-order chi connectivity index (χ0) is 12.8. The highest BCUT2D eigenvalue weighted by molar-refractivity contribution is 5.50. The minimum absolute atomic E-state index is 0.0176. The van der Waals surface area contributed by atoms with E-state index in [2.05, 4.69) is 5.32 Å². The van der Waals surface area contributed by atoms with Crippen LogP contribution in [-0.4, -0.2) is 17.5 Å². The molecule has 0 saturated heterocycles. The Kier molecular flexibility index (Phi) is 4.84. The summed E-state index contributed by atoms with van der Waals surface area (Å²) in [6.45, 7) is 2.40. The number of halogens is 1. The summed E-state index contributed by atoms with van der Waals surface area (Å²) in [6.07, 6.45) is 1.76. The number of nitro groups is 1. The highest BCUT2D eigenvalue weighted by Crippen LogP contribution is 2.21. The van der Waals surface area contributed by atoms with Crippen molar-refractivity contribution in [1.82, 2.24) is 0 Å². The molecule has 0 bridgehead atoms. The first-order chi connectivity index (χ1) is 8.08. The summed E-state index contributed by atoms with van der Waals surface area (Å²) in [6, 6.07) is 3.52. The maximum absolute atomic E-state index is 13.5. The fraction of sp³-hybridized carbons (Fsp3) is 0.455. The van der Waals surface area contributed by atoms with Gasteiger partial charge in [0.1, 0.15) is 0 Å². The average molecular weight is 241 g/mol. The minimum atomic E-state index is -0.631. The minimum Gasteiger partial charge on any atom is -0.379 e. The van der Waals surface area contributed by atoms with Crippen molar-refractivity contribution in [2.75, 3.05) is 11.9 Å². The number of hydrogen-bond acceptors (Lipinski definition) is 4. The van der Waals surface area contributed by atoms with Gasteiger partial charge in [-0.3, -0.25) is 10.1 Å². The first-order valence-corrected chi connectivity index (χ1v) is 5.49. The van der Waals surface area contributed by atoms with Crippen LogP contribution in [0.15, 0.2) is 18.2 Å². The van der Waals surface area contributed by atoms with Crippen molar-refractivity contribution in [3.8, 4) is 0 Å². The van der Waals surface area contributed by atoms with Gasteiger partial charge in [-0.15, -0.1) is 0 Å². The monoisotopic (exact) mass is 241 g/mol. The van der Waals surface area contributed by atoms with Crippen molar-refractivity contribution in [3.05, 3.63) is 34.1 Å². The highest BCUT2D eigenvalue weighted by Gasteiger charge is 2.13. The van der Waals surface area contributed by atoms with Gasteiger partial charge in [0.25, 0.3) is 5.69 Å². The molecule has 1 aromatic carbocycles. The second-order valence-electron chi connectivity index (χ2n) is 3.79. The molecule has 17 heavy (non-hydrogen) atoms. The molecule has 1 atom stereocenters. The molecule has 94 valence electrons. The van der Waals surface area contributed by atoms with Crippen molar-refractivity contribution < 1.29 is 9.31 Å². The number of non-ortho nitro benzene ring substituents is 1. The average Bonchev–Trinajstić information content (AvgIpc) is 2.30. The van der Waals surface area contributed by atoms with Gasteiger partial charge in [0.05, 0.1) is 16.7 Å². The van der Waals surface area contributed by atoms with Crippen LogP contribution in [0, 0.1) is 15.9 Å². The zero-order valence-corrected chi connectivity index (χ0v) is 9.65. The van der Waals surface area contributed by atoms with Gasteiger partial charge in [0.15, 0.2) is 5.82 Å². The molecule has 1 unspecified atom stereocenters. The van der Waals surface area contributed by atoms with Crippen LogP contribution in [-0.2, 0) is 0 Å². The van der Waals surface area contributed by atoms with Crippen molar-refractivity contribution >= 4 is 11.4 Å². The first kappa shape index (κ1) is 13.4. The quantitative estimate of drug-likeness (QED) is 0.591. The van der Waals surface area contributed by atoms with Gasteiger partial charge in [-0.2, -0.15) is 0 Å². The number of anilines is 1. The number of nitrogens with one attached hydrogen (secondary N) is 1. The molecule has 0 amide bonds. The first-order valence-electron chi connectivity index (χ1n) is 5.49. The van der Waals surface area contributed by atoms with Crippen molar-refractivity contribution in [3.63, 3.8) is 0 Å². The molecule has 1 rings (SSSR count). The zero-order valence-electron chi connectivity index (χ0n) is 9.65. The Labute approximate surface area is 99.0 Å². The molecule has 0 aromatic heterocycles.